The number of halogens is 3. The summed E-state index contributed by atoms with van der Waals surface area (Å²) >= 11 is 18.7. The van der Waals surface area contributed by atoms with E-state index < -0.39 is 0 Å². The first-order chi connectivity index (χ1) is 16.9. The predicted octanol–water partition coefficient (Wildman–Crippen LogP) is 6.62. The highest BCUT2D eigenvalue weighted by atomic mass is 35.5. The van der Waals surface area contributed by atoms with Crippen molar-refractivity contribution in [3.63, 3.8) is 0 Å². The zero-order valence-corrected chi connectivity index (χ0v) is 21.3. The SMILES string of the molecule is CCC(=O)N1CCN(c2c(Cl)cccc2NC(=O)/C=C/c2ccc(-c3ccc(Cl)cc3Cl)o2)CC1. The van der Waals surface area contributed by atoms with Crippen molar-refractivity contribution in [3.8, 4) is 11.3 Å². The number of hydrogen-bond donors (Lipinski definition) is 1. The molecule has 0 saturated carbocycles. The molecular formula is C26H24Cl3N3O3. The van der Waals surface area contributed by atoms with Gasteiger partial charge >= 0.3 is 0 Å². The van der Waals surface area contributed by atoms with Crippen LogP contribution in [0, 0.1) is 0 Å². The number of furan rings is 1. The molecule has 6 nitrogen and oxygen atoms in total. The van der Waals surface area contributed by atoms with Crippen LogP contribution in [0.2, 0.25) is 15.1 Å². The second-order valence-electron chi connectivity index (χ2n) is 8.01. The average molecular weight is 533 g/mol. The molecule has 0 aliphatic carbocycles. The maximum Gasteiger partial charge on any atom is 0.248 e. The Kier molecular flexibility index (Phi) is 8.06. The minimum atomic E-state index is -0.323. The number of piperazine rings is 1. The molecule has 0 radical (unpaired) electrons. The number of benzene rings is 2. The van der Waals surface area contributed by atoms with Gasteiger partial charge in [-0.1, -0.05) is 47.8 Å². The number of rotatable bonds is 6. The van der Waals surface area contributed by atoms with Crippen molar-refractivity contribution in [2.45, 2.75) is 13.3 Å². The van der Waals surface area contributed by atoms with Crippen LogP contribution in [0.15, 0.2) is 59.0 Å². The van der Waals surface area contributed by atoms with E-state index in [1.807, 2.05) is 17.9 Å². The maximum atomic E-state index is 12.7. The smallest absolute Gasteiger partial charge is 0.248 e. The van der Waals surface area contributed by atoms with E-state index in [0.717, 1.165) is 5.69 Å². The highest BCUT2D eigenvalue weighted by Crippen LogP contribution is 2.35. The molecule has 1 aromatic heterocycles. The van der Waals surface area contributed by atoms with E-state index in [2.05, 4.69) is 10.2 Å². The molecule has 0 bridgehead atoms. The zero-order chi connectivity index (χ0) is 24.9. The molecule has 1 saturated heterocycles. The fourth-order valence-electron chi connectivity index (χ4n) is 3.95. The van der Waals surface area contributed by atoms with Gasteiger partial charge in [0, 0.05) is 49.3 Å². The van der Waals surface area contributed by atoms with Gasteiger partial charge in [0.15, 0.2) is 0 Å². The average Bonchev–Trinajstić information content (AvgIpc) is 3.31. The van der Waals surface area contributed by atoms with Crippen molar-refractivity contribution in [1.82, 2.24) is 4.90 Å². The van der Waals surface area contributed by atoms with E-state index in [0.29, 0.717) is 70.4 Å². The number of nitrogens with zero attached hydrogens (tertiary/aromatic N) is 2. The van der Waals surface area contributed by atoms with Gasteiger partial charge in [-0.3, -0.25) is 9.59 Å². The molecule has 2 heterocycles. The summed E-state index contributed by atoms with van der Waals surface area (Å²) < 4.78 is 5.81. The van der Waals surface area contributed by atoms with Crippen LogP contribution in [0.1, 0.15) is 19.1 Å². The van der Waals surface area contributed by atoms with Crippen molar-refractivity contribution in [2.75, 3.05) is 36.4 Å². The van der Waals surface area contributed by atoms with Crippen LogP contribution in [-0.4, -0.2) is 42.9 Å². The molecule has 1 aliphatic rings. The fraction of sp³-hybridized carbons (Fsp3) is 0.231. The highest BCUT2D eigenvalue weighted by molar-refractivity contribution is 6.36. The first-order valence-corrected chi connectivity index (χ1v) is 12.3. The topological polar surface area (TPSA) is 65.8 Å². The Morgan fingerprint density at radius 2 is 1.77 bits per heavy atom. The Hall–Kier alpha value is -2.93. The van der Waals surface area contributed by atoms with E-state index in [-0.39, 0.29) is 11.8 Å². The fourth-order valence-corrected chi connectivity index (χ4v) is 4.75. The number of para-hydroxylation sites is 1. The Morgan fingerprint density at radius 1 is 1.00 bits per heavy atom. The number of amides is 2. The molecule has 3 aromatic rings. The van der Waals surface area contributed by atoms with Gasteiger partial charge in [-0.15, -0.1) is 0 Å². The van der Waals surface area contributed by atoms with E-state index in [1.54, 1.807) is 48.5 Å². The summed E-state index contributed by atoms with van der Waals surface area (Å²) in [5.74, 6) is 0.895. The van der Waals surface area contributed by atoms with Crippen LogP contribution in [0.3, 0.4) is 0 Å². The van der Waals surface area contributed by atoms with E-state index in [9.17, 15) is 9.59 Å². The van der Waals surface area contributed by atoms with Crippen molar-refractivity contribution in [3.05, 3.63) is 75.4 Å². The van der Waals surface area contributed by atoms with Crippen LogP contribution < -0.4 is 10.2 Å². The molecule has 0 unspecified atom stereocenters. The molecule has 2 amide bonds. The standard InChI is InChI=1S/C26H24Cl3N3O3/c1-2-25(34)31-12-14-32(15-13-31)26-20(28)4-3-5-22(26)30-24(33)11-8-18-7-10-23(35-18)19-9-6-17(27)16-21(19)29/h3-11,16H,2,12-15H2,1H3,(H,30,33)/b11-8+. The van der Waals surface area contributed by atoms with Gasteiger partial charge < -0.3 is 19.5 Å². The van der Waals surface area contributed by atoms with Crippen LogP contribution >= 0.6 is 34.8 Å². The number of anilines is 2. The lowest BCUT2D eigenvalue weighted by Crippen LogP contribution is -2.48. The lowest BCUT2D eigenvalue weighted by atomic mass is 10.2. The van der Waals surface area contributed by atoms with Gasteiger partial charge in [0.2, 0.25) is 11.8 Å². The van der Waals surface area contributed by atoms with Crippen molar-refractivity contribution < 1.29 is 14.0 Å². The van der Waals surface area contributed by atoms with E-state index in [1.165, 1.54) is 6.08 Å². The molecule has 182 valence electrons. The number of carbonyl (C=O) groups excluding carboxylic acids is 2. The van der Waals surface area contributed by atoms with Gasteiger partial charge in [-0.25, -0.2) is 0 Å². The summed E-state index contributed by atoms with van der Waals surface area (Å²) in [6.45, 7) is 4.36. The third-order valence-electron chi connectivity index (χ3n) is 5.72. The molecule has 1 N–H and O–H groups in total. The molecule has 4 rings (SSSR count). The summed E-state index contributed by atoms with van der Waals surface area (Å²) in [7, 11) is 0. The third kappa shape index (κ3) is 6.01. The number of hydrogen-bond acceptors (Lipinski definition) is 4. The Bertz CT molecular complexity index is 1260. The Balaban J connectivity index is 1.44. The molecular weight excluding hydrogens is 509 g/mol. The minimum absolute atomic E-state index is 0.141. The maximum absolute atomic E-state index is 12.7. The van der Waals surface area contributed by atoms with Gasteiger partial charge in [0.25, 0.3) is 0 Å². The van der Waals surface area contributed by atoms with Gasteiger partial charge in [-0.05, 0) is 48.5 Å². The largest absolute Gasteiger partial charge is 0.457 e. The van der Waals surface area contributed by atoms with Gasteiger partial charge in [-0.2, -0.15) is 0 Å². The molecule has 0 atom stereocenters. The number of nitrogens with one attached hydrogen (secondary N) is 1. The lowest BCUT2D eigenvalue weighted by molar-refractivity contribution is -0.131. The quantitative estimate of drug-likeness (QED) is 0.363. The van der Waals surface area contributed by atoms with Crippen molar-refractivity contribution in [2.24, 2.45) is 0 Å². The highest BCUT2D eigenvalue weighted by Gasteiger charge is 2.23. The Morgan fingerprint density at radius 3 is 2.49 bits per heavy atom. The Labute approximate surface area is 219 Å². The van der Waals surface area contributed by atoms with Crippen LogP contribution in [0.25, 0.3) is 17.4 Å². The third-order valence-corrected chi connectivity index (χ3v) is 6.57. The van der Waals surface area contributed by atoms with Crippen LogP contribution in [0.5, 0.6) is 0 Å². The lowest BCUT2D eigenvalue weighted by Gasteiger charge is -2.37. The second-order valence-corrected chi connectivity index (χ2v) is 9.26. The summed E-state index contributed by atoms with van der Waals surface area (Å²) in [6.07, 6.45) is 3.47. The molecule has 35 heavy (non-hydrogen) atoms. The van der Waals surface area contributed by atoms with Crippen LogP contribution in [-0.2, 0) is 9.59 Å². The van der Waals surface area contributed by atoms with Gasteiger partial charge in [0.1, 0.15) is 11.5 Å². The predicted molar refractivity (Wildman–Crippen MR) is 142 cm³/mol. The minimum Gasteiger partial charge on any atom is -0.457 e. The normalized spacial score (nSPS) is 13.9. The molecule has 9 heteroatoms. The van der Waals surface area contributed by atoms with Crippen molar-refractivity contribution in [1.29, 1.82) is 0 Å². The second kappa shape index (κ2) is 11.2. The number of carbonyl (C=O) groups is 2. The first-order valence-electron chi connectivity index (χ1n) is 11.2. The zero-order valence-electron chi connectivity index (χ0n) is 19.1. The summed E-state index contributed by atoms with van der Waals surface area (Å²) in [4.78, 5) is 28.6. The van der Waals surface area contributed by atoms with E-state index in [4.69, 9.17) is 39.2 Å². The molecule has 1 aliphatic heterocycles. The van der Waals surface area contributed by atoms with E-state index >= 15 is 0 Å². The van der Waals surface area contributed by atoms with Crippen LogP contribution in [0.4, 0.5) is 11.4 Å². The summed E-state index contributed by atoms with van der Waals surface area (Å²) in [6, 6.07) is 14.1. The molecule has 1 fully saturated rings. The first kappa shape index (κ1) is 25.2. The van der Waals surface area contributed by atoms with Gasteiger partial charge in [0.05, 0.1) is 21.4 Å². The molecule has 2 aromatic carbocycles. The summed E-state index contributed by atoms with van der Waals surface area (Å²) in [5, 5.41) is 4.47. The van der Waals surface area contributed by atoms with Crippen molar-refractivity contribution >= 4 is 64.1 Å². The summed E-state index contributed by atoms with van der Waals surface area (Å²) in [5.41, 5.74) is 2.07. The molecule has 0 spiro atoms. The monoisotopic (exact) mass is 531 g/mol.